The highest BCUT2D eigenvalue weighted by molar-refractivity contribution is 5.99. The first kappa shape index (κ1) is 15.7. The molecule has 6 heteroatoms. The summed E-state index contributed by atoms with van der Waals surface area (Å²) < 4.78 is 6.42. The quantitative estimate of drug-likeness (QED) is 0.445. The molecule has 0 fully saturated rings. The molecule has 0 atom stereocenters. The summed E-state index contributed by atoms with van der Waals surface area (Å²) in [6.45, 7) is 0. The number of para-hydroxylation sites is 2. The van der Waals surface area contributed by atoms with Crippen LogP contribution in [0.1, 0.15) is 16.1 Å². The van der Waals surface area contributed by atoms with Crippen molar-refractivity contribution in [3.05, 3.63) is 66.0 Å². The second kappa shape index (κ2) is 5.90. The molecule has 0 aliphatic carbocycles. The summed E-state index contributed by atoms with van der Waals surface area (Å²) in [5.41, 5.74) is 8.62. The number of fused-ring (bicyclic) bond motifs is 2. The smallest absolute Gasteiger partial charge is 0.357 e. The van der Waals surface area contributed by atoms with Crippen molar-refractivity contribution in [3.63, 3.8) is 0 Å². The Hall–Kier alpha value is -3.85. The Balaban J connectivity index is 2.08. The number of nitrogen functional groups attached to an aromatic ring is 1. The van der Waals surface area contributed by atoms with Crippen LogP contribution in [-0.2, 0) is 4.74 Å². The first-order chi connectivity index (χ1) is 12.6. The van der Waals surface area contributed by atoms with Crippen LogP contribution in [-0.4, -0.2) is 22.6 Å². The summed E-state index contributed by atoms with van der Waals surface area (Å²) in [5, 5.41) is 11.2. The van der Waals surface area contributed by atoms with Gasteiger partial charge in [-0.05, 0) is 18.2 Å². The molecular formula is C20H14N4O2. The Bertz CT molecular complexity index is 1220. The normalized spacial score (nSPS) is 10.8. The maximum absolute atomic E-state index is 12.3. The molecule has 0 radical (unpaired) electrons. The minimum atomic E-state index is -0.609. The summed E-state index contributed by atoms with van der Waals surface area (Å²) in [6.07, 6.45) is 1.53. The minimum Gasteiger partial charge on any atom is -0.464 e. The maximum Gasteiger partial charge on any atom is 0.357 e. The lowest BCUT2D eigenvalue weighted by atomic mass is 10.1. The van der Waals surface area contributed by atoms with Crippen molar-refractivity contribution in [3.8, 4) is 11.8 Å². The van der Waals surface area contributed by atoms with Crippen LogP contribution in [0.25, 0.3) is 27.5 Å². The molecule has 4 aromatic rings. The van der Waals surface area contributed by atoms with E-state index in [4.69, 9.17) is 15.5 Å². The summed E-state index contributed by atoms with van der Waals surface area (Å²) >= 11 is 0. The van der Waals surface area contributed by atoms with E-state index in [-0.39, 0.29) is 16.9 Å². The number of esters is 1. The first-order valence-corrected chi connectivity index (χ1v) is 7.92. The molecule has 0 amide bonds. The molecular weight excluding hydrogens is 328 g/mol. The average Bonchev–Trinajstić information content (AvgIpc) is 3.01. The molecule has 0 bridgehead atoms. The number of pyridine rings is 1. The predicted molar refractivity (Wildman–Crippen MR) is 99.0 cm³/mol. The fourth-order valence-corrected chi connectivity index (χ4v) is 3.09. The van der Waals surface area contributed by atoms with Gasteiger partial charge in [-0.15, -0.1) is 0 Å². The highest BCUT2D eigenvalue weighted by Gasteiger charge is 2.22. The number of rotatable bonds is 2. The number of hydrogen-bond acceptors (Lipinski definition) is 5. The first-order valence-electron chi connectivity index (χ1n) is 7.92. The van der Waals surface area contributed by atoms with Crippen LogP contribution in [0.2, 0.25) is 0 Å². The van der Waals surface area contributed by atoms with E-state index in [1.807, 2.05) is 54.6 Å². The van der Waals surface area contributed by atoms with Crippen LogP contribution in [0.4, 0.5) is 5.69 Å². The molecule has 126 valence electrons. The summed E-state index contributed by atoms with van der Waals surface area (Å²) in [4.78, 5) is 17.0. The molecule has 6 nitrogen and oxygen atoms in total. The van der Waals surface area contributed by atoms with Gasteiger partial charge in [0.15, 0.2) is 5.69 Å². The van der Waals surface area contributed by atoms with E-state index in [0.717, 1.165) is 16.3 Å². The average molecular weight is 342 g/mol. The highest BCUT2D eigenvalue weighted by atomic mass is 16.5. The molecule has 0 spiro atoms. The van der Waals surface area contributed by atoms with Crippen molar-refractivity contribution in [2.24, 2.45) is 0 Å². The van der Waals surface area contributed by atoms with Gasteiger partial charge in [-0.1, -0.05) is 30.3 Å². The molecule has 2 N–H and O–H groups in total. The van der Waals surface area contributed by atoms with Gasteiger partial charge in [0.25, 0.3) is 0 Å². The zero-order valence-corrected chi connectivity index (χ0v) is 13.9. The van der Waals surface area contributed by atoms with Crippen molar-refractivity contribution < 1.29 is 9.53 Å². The minimum absolute atomic E-state index is 0.0946. The third kappa shape index (κ3) is 2.26. The second-order valence-corrected chi connectivity index (χ2v) is 5.81. The number of carbonyl (C=O) groups is 1. The van der Waals surface area contributed by atoms with Gasteiger partial charge in [0.05, 0.1) is 35.1 Å². The lowest BCUT2D eigenvalue weighted by Gasteiger charge is -2.11. The van der Waals surface area contributed by atoms with Crippen LogP contribution in [0.3, 0.4) is 0 Å². The van der Waals surface area contributed by atoms with Crippen LogP contribution < -0.4 is 5.73 Å². The van der Waals surface area contributed by atoms with Crippen molar-refractivity contribution in [1.82, 2.24) is 9.55 Å². The van der Waals surface area contributed by atoms with Crippen molar-refractivity contribution in [2.45, 2.75) is 0 Å². The Morgan fingerprint density at radius 3 is 2.73 bits per heavy atom. The summed E-state index contributed by atoms with van der Waals surface area (Å²) in [7, 11) is 1.28. The lowest BCUT2D eigenvalue weighted by molar-refractivity contribution is 0.0593. The van der Waals surface area contributed by atoms with Crippen LogP contribution in [0, 0.1) is 11.3 Å². The lowest BCUT2D eigenvalue weighted by Crippen LogP contribution is -2.11. The third-order valence-electron chi connectivity index (χ3n) is 4.33. The van der Waals surface area contributed by atoms with Crippen molar-refractivity contribution in [2.75, 3.05) is 12.8 Å². The van der Waals surface area contributed by atoms with E-state index in [1.54, 1.807) is 4.57 Å². The van der Waals surface area contributed by atoms with E-state index in [0.29, 0.717) is 11.2 Å². The Labute approximate surface area is 149 Å². The van der Waals surface area contributed by atoms with Crippen molar-refractivity contribution >= 4 is 33.5 Å². The molecule has 0 saturated heterocycles. The highest BCUT2D eigenvalue weighted by Crippen LogP contribution is 2.29. The van der Waals surface area contributed by atoms with Crippen LogP contribution in [0.15, 0.2) is 54.7 Å². The zero-order valence-electron chi connectivity index (χ0n) is 13.9. The molecule has 0 aliphatic heterocycles. The molecule has 2 aromatic carbocycles. The van der Waals surface area contributed by atoms with E-state index in [2.05, 4.69) is 0 Å². The molecule has 2 heterocycles. The monoisotopic (exact) mass is 342 g/mol. The molecule has 26 heavy (non-hydrogen) atoms. The fourth-order valence-electron chi connectivity index (χ4n) is 3.09. The molecule has 0 aliphatic rings. The van der Waals surface area contributed by atoms with Gasteiger partial charge in [-0.3, -0.25) is 0 Å². The number of methoxy groups -OCH3 is 1. The predicted octanol–water partition coefficient (Wildman–Crippen LogP) is 3.42. The number of nitrogens with zero attached hydrogens (tertiary/aromatic N) is 3. The van der Waals surface area contributed by atoms with Gasteiger partial charge in [-0.2, -0.15) is 5.26 Å². The molecule has 2 aromatic heterocycles. The third-order valence-corrected chi connectivity index (χ3v) is 4.33. The number of nitriles is 1. The number of hydrogen-bond donors (Lipinski definition) is 1. The number of benzene rings is 2. The largest absolute Gasteiger partial charge is 0.464 e. The van der Waals surface area contributed by atoms with Gasteiger partial charge < -0.3 is 15.0 Å². The van der Waals surface area contributed by atoms with Gasteiger partial charge in [-0.25, -0.2) is 9.78 Å². The van der Waals surface area contributed by atoms with Crippen LogP contribution >= 0.6 is 0 Å². The van der Waals surface area contributed by atoms with Gasteiger partial charge in [0.1, 0.15) is 6.07 Å². The molecule has 0 unspecified atom stereocenters. The van der Waals surface area contributed by atoms with Gasteiger partial charge in [0, 0.05) is 17.0 Å². The Kier molecular flexibility index (Phi) is 3.55. The maximum atomic E-state index is 12.3. The van der Waals surface area contributed by atoms with E-state index < -0.39 is 5.97 Å². The van der Waals surface area contributed by atoms with Gasteiger partial charge >= 0.3 is 5.97 Å². The fraction of sp³-hybridized carbons (Fsp3) is 0.0500. The van der Waals surface area contributed by atoms with E-state index in [1.165, 1.54) is 13.3 Å². The van der Waals surface area contributed by atoms with Gasteiger partial charge in [0.2, 0.25) is 0 Å². The molecule has 0 saturated carbocycles. The zero-order chi connectivity index (χ0) is 18.3. The number of nitrogens with two attached hydrogens (primary N) is 1. The second-order valence-electron chi connectivity index (χ2n) is 5.81. The summed E-state index contributed by atoms with van der Waals surface area (Å²) in [5.74, 6) is -0.609. The summed E-state index contributed by atoms with van der Waals surface area (Å²) in [6, 6.07) is 17.5. The standard InChI is InChI=1S/C20H14N4O2/c1-26-20(25)19-17(22)14(10-21)11-24(19)16-8-4-6-13-9-12-5-2-3-7-15(12)23-18(13)16/h2-9,11H,22H2,1H3. The number of ether oxygens (including phenoxy) is 1. The van der Waals surface area contributed by atoms with E-state index in [9.17, 15) is 10.1 Å². The SMILES string of the molecule is COC(=O)c1c(N)c(C#N)cn1-c1cccc2cc3ccccc3nc12. The van der Waals surface area contributed by atoms with Crippen LogP contribution in [0.5, 0.6) is 0 Å². The number of anilines is 1. The number of aromatic nitrogens is 2. The number of carbonyl (C=O) groups excluding carboxylic acids is 1. The van der Waals surface area contributed by atoms with Crippen molar-refractivity contribution in [1.29, 1.82) is 5.26 Å². The Morgan fingerprint density at radius 1 is 1.19 bits per heavy atom. The molecule has 4 rings (SSSR count). The topological polar surface area (TPSA) is 93.9 Å². The Morgan fingerprint density at radius 2 is 1.96 bits per heavy atom. The van der Waals surface area contributed by atoms with E-state index >= 15 is 0 Å².